The van der Waals surface area contributed by atoms with E-state index < -0.39 is 0 Å². The van der Waals surface area contributed by atoms with Gasteiger partial charge in [0.2, 0.25) is 4.96 Å². The van der Waals surface area contributed by atoms with Crippen molar-refractivity contribution in [1.29, 1.82) is 0 Å². The van der Waals surface area contributed by atoms with Crippen molar-refractivity contribution < 1.29 is 0 Å². The summed E-state index contributed by atoms with van der Waals surface area (Å²) >= 11 is 1.63. The van der Waals surface area contributed by atoms with Crippen LogP contribution in [0.1, 0.15) is 49.4 Å². The Bertz CT molecular complexity index is 511. The standard InChI is InChI=1S/C11H17N5S/c1-7(12)5-6-9-15-16-10(8-3-2-4-8)13-14-11(16)17-9/h7-8H,2-6,12H2,1H3. The monoisotopic (exact) mass is 251 g/mol. The third-order valence-corrected chi connectivity index (χ3v) is 4.30. The zero-order valence-corrected chi connectivity index (χ0v) is 10.8. The molecule has 1 fully saturated rings. The molecule has 5 nitrogen and oxygen atoms in total. The Kier molecular flexibility index (Phi) is 2.84. The van der Waals surface area contributed by atoms with Crippen molar-refractivity contribution >= 4 is 16.3 Å². The third kappa shape index (κ3) is 2.07. The summed E-state index contributed by atoms with van der Waals surface area (Å²) in [5.41, 5.74) is 5.76. The Morgan fingerprint density at radius 1 is 1.47 bits per heavy atom. The van der Waals surface area contributed by atoms with Gasteiger partial charge in [0.1, 0.15) is 5.01 Å². The van der Waals surface area contributed by atoms with E-state index in [4.69, 9.17) is 5.73 Å². The number of hydrogen-bond acceptors (Lipinski definition) is 5. The highest BCUT2D eigenvalue weighted by atomic mass is 32.1. The van der Waals surface area contributed by atoms with Crippen LogP contribution in [0.15, 0.2) is 0 Å². The van der Waals surface area contributed by atoms with E-state index in [2.05, 4.69) is 15.3 Å². The fraction of sp³-hybridized carbons (Fsp3) is 0.727. The lowest BCUT2D eigenvalue weighted by Gasteiger charge is -2.22. The van der Waals surface area contributed by atoms with Crippen LogP contribution in [0.2, 0.25) is 0 Å². The normalized spacial score (nSPS) is 18.5. The highest BCUT2D eigenvalue weighted by Gasteiger charge is 2.26. The maximum Gasteiger partial charge on any atom is 0.234 e. The lowest BCUT2D eigenvalue weighted by atomic mass is 9.85. The molecule has 2 aromatic rings. The highest BCUT2D eigenvalue weighted by molar-refractivity contribution is 7.16. The molecule has 1 aliphatic rings. The maximum atomic E-state index is 5.76. The summed E-state index contributed by atoms with van der Waals surface area (Å²) in [5, 5.41) is 14.2. The molecule has 0 amide bonds. The lowest BCUT2D eigenvalue weighted by molar-refractivity contribution is 0.395. The molecule has 17 heavy (non-hydrogen) atoms. The van der Waals surface area contributed by atoms with Crippen molar-refractivity contribution in [2.45, 2.75) is 51.0 Å². The lowest BCUT2D eigenvalue weighted by Crippen LogP contribution is -2.15. The molecule has 1 unspecified atom stereocenters. The van der Waals surface area contributed by atoms with Gasteiger partial charge in [-0.3, -0.25) is 0 Å². The number of aromatic nitrogens is 4. The molecular weight excluding hydrogens is 234 g/mol. The topological polar surface area (TPSA) is 69.1 Å². The van der Waals surface area contributed by atoms with Crippen LogP contribution < -0.4 is 5.73 Å². The zero-order chi connectivity index (χ0) is 11.8. The van der Waals surface area contributed by atoms with Gasteiger partial charge in [-0.05, 0) is 26.2 Å². The Morgan fingerprint density at radius 2 is 2.29 bits per heavy atom. The van der Waals surface area contributed by atoms with Gasteiger partial charge in [0.15, 0.2) is 5.82 Å². The van der Waals surface area contributed by atoms with Gasteiger partial charge >= 0.3 is 0 Å². The Balaban J connectivity index is 1.83. The van der Waals surface area contributed by atoms with Gasteiger partial charge in [0.25, 0.3) is 0 Å². The van der Waals surface area contributed by atoms with Crippen LogP contribution in [0.5, 0.6) is 0 Å². The first kappa shape index (κ1) is 11.1. The van der Waals surface area contributed by atoms with E-state index in [-0.39, 0.29) is 6.04 Å². The average Bonchev–Trinajstić information content (AvgIpc) is 2.74. The molecule has 3 rings (SSSR count). The van der Waals surface area contributed by atoms with Crippen LogP contribution in [0.3, 0.4) is 0 Å². The first-order valence-electron chi connectivity index (χ1n) is 6.20. The van der Waals surface area contributed by atoms with E-state index >= 15 is 0 Å². The van der Waals surface area contributed by atoms with E-state index in [1.54, 1.807) is 11.3 Å². The first-order chi connectivity index (χ1) is 8.24. The molecule has 2 N–H and O–H groups in total. The van der Waals surface area contributed by atoms with Crippen LogP contribution >= 0.6 is 11.3 Å². The molecule has 6 heteroatoms. The molecule has 2 aromatic heterocycles. The van der Waals surface area contributed by atoms with Crippen LogP contribution in [-0.4, -0.2) is 25.9 Å². The van der Waals surface area contributed by atoms with Crippen molar-refractivity contribution in [2.24, 2.45) is 5.73 Å². The number of nitrogens with zero attached hydrogens (tertiary/aromatic N) is 4. The van der Waals surface area contributed by atoms with Gasteiger partial charge in [-0.15, -0.1) is 10.2 Å². The van der Waals surface area contributed by atoms with E-state index in [9.17, 15) is 0 Å². The minimum absolute atomic E-state index is 0.232. The van der Waals surface area contributed by atoms with Gasteiger partial charge < -0.3 is 5.73 Å². The van der Waals surface area contributed by atoms with Gasteiger partial charge in [-0.2, -0.15) is 9.61 Å². The van der Waals surface area contributed by atoms with E-state index in [0.717, 1.165) is 28.6 Å². The molecule has 1 atom stereocenters. The summed E-state index contributed by atoms with van der Waals surface area (Å²) in [6, 6.07) is 0.232. The number of aryl methyl sites for hydroxylation is 1. The Morgan fingerprint density at radius 3 is 2.94 bits per heavy atom. The van der Waals surface area contributed by atoms with Gasteiger partial charge in [0, 0.05) is 18.4 Å². The minimum atomic E-state index is 0.232. The highest BCUT2D eigenvalue weighted by Crippen LogP contribution is 2.35. The van der Waals surface area contributed by atoms with Crippen LogP contribution in [0, 0.1) is 0 Å². The fourth-order valence-electron chi connectivity index (χ4n) is 2.04. The molecule has 0 aromatic carbocycles. The second-order valence-electron chi connectivity index (χ2n) is 4.89. The second-order valence-corrected chi connectivity index (χ2v) is 5.93. The zero-order valence-electron chi connectivity index (χ0n) is 9.96. The quantitative estimate of drug-likeness (QED) is 0.898. The van der Waals surface area contributed by atoms with Crippen molar-refractivity contribution in [2.75, 3.05) is 0 Å². The fourth-order valence-corrected chi connectivity index (χ4v) is 2.90. The van der Waals surface area contributed by atoms with Crippen LogP contribution in [0.25, 0.3) is 4.96 Å². The van der Waals surface area contributed by atoms with Crippen molar-refractivity contribution in [3.8, 4) is 0 Å². The summed E-state index contributed by atoms with van der Waals surface area (Å²) in [4.78, 5) is 0.923. The number of hydrogen-bond donors (Lipinski definition) is 1. The van der Waals surface area contributed by atoms with Gasteiger partial charge in [0.05, 0.1) is 0 Å². The molecular formula is C11H17N5S. The summed E-state index contributed by atoms with van der Waals surface area (Å²) in [6.07, 6.45) is 5.68. The number of rotatable bonds is 4. The Labute approximate surface area is 104 Å². The molecule has 1 saturated carbocycles. The molecule has 0 radical (unpaired) electrons. The van der Waals surface area contributed by atoms with E-state index in [1.165, 1.54) is 19.3 Å². The van der Waals surface area contributed by atoms with Crippen molar-refractivity contribution in [3.05, 3.63) is 10.8 Å². The second kappa shape index (κ2) is 4.34. The minimum Gasteiger partial charge on any atom is -0.328 e. The van der Waals surface area contributed by atoms with Gasteiger partial charge in [-0.25, -0.2) is 0 Å². The van der Waals surface area contributed by atoms with Gasteiger partial charge in [-0.1, -0.05) is 17.8 Å². The summed E-state index contributed by atoms with van der Waals surface area (Å²) in [5.74, 6) is 1.63. The van der Waals surface area contributed by atoms with Crippen LogP contribution in [0.4, 0.5) is 0 Å². The summed E-state index contributed by atoms with van der Waals surface area (Å²) in [7, 11) is 0. The molecule has 0 spiro atoms. The number of fused-ring (bicyclic) bond motifs is 1. The SMILES string of the molecule is CC(N)CCc1nn2c(C3CCC3)nnc2s1. The molecule has 0 bridgehead atoms. The maximum absolute atomic E-state index is 5.76. The molecule has 0 aliphatic heterocycles. The molecule has 1 aliphatic carbocycles. The first-order valence-corrected chi connectivity index (χ1v) is 7.02. The number of nitrogens with two attached hydrogens (primary N) is 1. The Hall–Kier alpha value is -1.01. The smallest absolute Gasteiger partial charge is 0.234 e. The van der Waals surface area contributed by atoms with Crippen molar-refractivity contribution in [3.63, 3.8) is 0 Å². The molecule has 2 heterocycles. The van der Waals surface area contributed by atoms with E-state index in [1.807, 2.05) is 11.4 Å². The predicted molar refractivity (Wildman–Crippen MR) is 67.2 cm³/mol. The van der Waals surface area contributed by atoms with E-state index in [0.29, 0.717) is 5.92 Å². The van der Waals surface area contributed by atoms with Crippen molar-refractivity contribution in [1.82, 2.24) is 19.8 Å². The molecule has 92 valence electrons. The summed E-state index contributed by atoms with van der Waals surface area (Å²) < 4.78 is 1.94. The molecule has 0 saturated heterocycles. The third-order valence-electron chi connectivity index (χ3n) is 3.34. The largest absolute Gasteiger partial charge is 0.328 e. The van der Waals surface area contributed by atoms with Crippen LogP contribution in [-0.2, 0) is 6.42 Å². The summed E-state index contributed by atoms with van der Waals surface area (Å²) in [6.45, 7) is 2.03. The predicted octanol–water partition coefficient (Wildman–Crippen LogP) is 1.73. The average molecular weight is 251 g/mol.